The highest BCUT2D eigenvalue weighted by molar-refractivity contribution is 6.31. The van der Waals surface area contributed by atoms with Gasteiger partial charge in [-0.15, -0.1) is 0 Å². The number of hydrazone groups is 1. The van der Waals surface area contributed by atoms with Crippen molar-refractivity contribution in [3.05, 3.63) is 34.9 Å². The van der Waals surface area contributed by atoms with E-state index >= 15 is 0 Å². The lowest BCUT2D eigenvalue weighted by molar-refractivity contribution is -0.136. The van der Waals surface area contributed by atoms with Crippen molar-refractivity contribution in [2.75, 3.05) is 0 Å². The molecule has 1 aromatic rings. The molecule has 0 aliphatic carbocycles. The van der Waals surface area contributed by atoms with Gasteiger partial charge >= 0.3 is 0 Å². The van der Waals surface area contributed by atoms with Crippen molar-refractivity contribution in [3.8, 4) is 0 Å². The van der Waals surface area contributed by atoms with Crippen LogP contribution in [0.3, 0.4) is 0 Å². The molecule has 98 valence electrons. The molecule has 0 radical (unpaired) electrons. The first-order valence-electron chi connectivity index (χ1n) is 5.70. The summed E-state index contributed by atoms with van der Waals surface area (Å²) in [5.41, 5.74) is 2.45. The quantitative estimate of drug-likeness (QED) is 0.650. The van der Waals surface area contributed by atoms with Crippen LogP contribution in [0.15, 0.2) is 29.4 Å². The third kappa shape index (κ3) is 4.13. The first-order valence-corrected chi connectivity index (χ1v) is 6.07. The number of amides is 1. The van der Waals surface area contributed by atoms with Gasteiger partial charge in [0.2, 0.25) is 0 Å². The predicted octanol–water partition coefficient (Wildman–Crippen LogP) is 2.34. The third-order valence-electron chi connectivity index (χ3n) is 2.34. The number of halogens is 1. The zero-order chi connectivity index (χ0) is 13.8. The van der Waals surface area contributed by atoms with E-state index < -0.39 is 11.5 Å². The van der Waals surface area contributed by atoms with Crippen LogP contribution >= 0.6 is 11.6 Å². The molecule has 0 fully saturated rings. The number of nitrogens with zero attached hydrogens (tertiary/aromatic N) is 1. The van der Waals surface area contributed by atoms with Gasteiger partial charge < -0.3 is 5.11 Å². The molecule has 2 N–H and O–H groups in total. The van der Waals surface area contributed by atoms with Crippen molar-refractivity contribution in [2.45, 2.75) is 32.8 Å². The maximum Gasteiger partial charge on any atom is 0.271 e. The average Bonchev–Trinajstić information content (AvgIpc) is 2.28. The summed E-state index contributed by atoms with van der Waals surface area (Å²) in [5, 5.41) is 14.1. The standard InChI is InChI=1S/C13H17ClN2O2/c1-4-11(9-6-5-7-10(14)8-9)15-16-12(17)13(2,3)18/h5-8,18H,4H2,1-3H3,(H,16,17). The molecule has 0 aliphatic heterocycles. The molecule has 5 heteroatoms. The SMILES string of the molecule is CCC(=NNC(=O)C(C)(C)O)c1cccc(Cl)c1. The highest BCUT2D eigenvalue weighted by atomic mass is 35.5. The minimum absolute atomic E-state index is 0.546. The Labute approximate surface area is 112 Å². The Morgan fingerprint density at radius 3 is 2.67 bits per heavy atom. The summed E-state index contributed by atoms with van der Waals surface area (Å²) in [6.07, 6.45) is 0.645. The Bertz CT molecular complexity index is 464. The normalized spacial score (nSPS) is 12.4. The molecule has 0 aromatic heterocycles. The van der Waals surface area contributed by atoms with Crippen LogP contribution in [-0.4, -0.2) is 22.3 Å². The monoisotopic (exact) mass is 268 g/mol. The molecular weight excluding hydrogens is 252 g/mol. The van der Waals surface area contributed by atoms with Crippen LogP contribution in [0.5, 0.6) is 0 Å². The predicted molar refractivity (Wildman–Crippen MR) is 72.7 cm³/mol. The molecule has 1 amide bonds. The number of carbonyl (C=O) groups is 1. The number of aliphatic hydroxyl groups is 1. The minimum atomic E-state index is -1.45. The fourth-order valence-electron chi connectivity index (χ4n) is 1.27. The number of benzene rings is 1. The average molecular weight is 269 g/mol. The fourth-order valence-corrected chi connectivity index (χ4v) is 1.46. The van der Waals surface area contributed by atoms with Gasteiger partial charge in [0, 0.05) is 5.02 Å². The largest absolute Gasteiger partial charge is 0.381 e. The minimum Gasteiger partial charge on any atom is -0.381 e. The Kier molecular flexibility index (Phi) is 4.87. The van der Waals surface area contributed by atoms with Gasteiger partial charge in [0.25, 0.3) is 5.91 Å². The fraction of sp³-hybridized carbons (Fsp3) is 0.385. The van der Waals surface area contributed by atoms with Crippen LogP contribution in [0.4, 0.5) is 0 Å². The van der Waals surface area contributed by atoms with Crippen molar-refractivity contribution >= 4 is 23.2 Å². The van der Waals surface area contributed by atoms with Crippen molar-refractivity contribution in [1.29, 1.82) is 0 Å². The lowest BCUT2D eigenvalue weighted by Gasteiger charge is -2.14. The molecule has 1 rings (SSSR count). The highest BCUT2D eigenvalue weighted by Gasteiger charge is 2.23. The Morgan fingerprint density at radius 2 is 2.17 bits per heavy atom. The van der Waals surface area contributed by atoms with Gasteiger partial charge in [-0.05, 0) is 38.0 Å². The van der Waals surface area contributed by atoms with Gasteiger partial charge in [0.05, 0.1) is 5.71 Å². The zero-order valence-corrected chi connectivity index (χ0v) is 11.5. The third-order valence-corrected chi connectivity index (χ3v) is 2.58. The molecule has 4 nitrogen and oxygen atoms in total. The highest BCUT2D eigenvalue weighted by Crippen LogP contribution is 2.12. The number of rotatable bonds is 4. The summed E-state index contributed by atoms with van der Waals surface area (Å²) < 4.78 is 0. The zero-order valence-electron chi connectivity index (χ0n) is 10.7. The van der Waals surface area contributed by atoms with Crippen molar-refractivity contribution < 1.29 is 9.90 Å². The van der Waals surface area contributed by atoms with E-state index in [2.05, 4.69) is 10.5 Å². The summed E-state index contributed by atoms with van der Waals surface area (Å²) in [6.45, 7) is 4.74. The molecule has 0 heterocycles. The van der Waals surface area contributed by atoms with Crippen LogP contribution in [0.1, 0.15) is 32.8 Å². The molecule has 0 aliphatic rings. The number of carbonyl (C=O) groups excluding carboxylic acids is 1. The first-order chi connectivity index (χ1) is 8.34. The second kappa shape index (κ2) is 5.98. The second-order valence-corrected chi connectivity index (χ2v) is 4.86. The van der Waals surface area contributed by atoms with Crippen molar-refractivity contribution in [3.63, 3.8) is 0 Å². The van der Waals surface area contributed by atoms with Gasteiger partial charge in [-0.2, -0.15) is 5.10 Å². The summed E-state index contributed by atoms with van der Waals surface area (Å²) >= 11 is 5.90. The molecule has 0 atom stereocenters. The van der Waals surface area contributed by atoms with E-state index in [0.29, 0.717) is 17.2 Å². The maximum absolute atomic E-state index is 11.5. The summed E-state index contributed by atoms with van der Waals surface area (Å²) in [6, 6.07) is 7.24. The number of hydrogen-bond donors (Lipinski definition) is 2. The van der Waals surface area contributed by atoms with E-state index in [4.69, 9.17) is 11.6 Å². The van der Waals surface area contributed by atoms with Crippen LogP contribution < -0.4 is 5.43 Å². The molecular formula is C13H17ClN2O2. The maximum atomic E-state index is 11.5. The molecule has 18 heavy (non-hydrogen) atoms. The van der Waals surface area contributed by atoms with E-state index in [1.54, 1.807) is 12.1 Å². The number of hydrogen-bond acceptors (Lipinski definition) is 3. The lowest BCUT2D eigenvalue weighted by atomic mass is 10.1. The Morgan fingerprint density at radius 1 is 1.50 bits per heavy atom. The summed E-state index contributed by atoms with van der Waals surface area (Å²) in [7, 11) is 0. The Balaban J connectivity index is 2.88. The van der Waals surface area contributed by atoms with E-state index in [-0.39, 0.29) is 0 Å². The van der Waals surface area contributed by atoms with E-state index in [1.807, 2.05) is 19.1 Å². The summed E-state index contributed by atoms with van der Waals surface area (Å²) in [5.74, 6) is -0.546. The van der Waals surface area contributed by atoms with Gasteiger partial charge in [0.1, 0.15) is 5.60 Å². The van der Waals surface area contributed by atoms with Gasteiger partial charge in [-0.25, -0.2) is 5.43 Å². The van der Waals surface area contributed by atoms with E-state index in [0.717, 1.165) is 5.56 Å². The van der Waals surface area contributed by atoms with Crippen molar-refractivity contribution in [1.82, 2.24) is 5.43 Å². The van der Waals surface area contributed by atoms with Crippen LogP contribution in [0.25, 0.3) is 0 Å². The Hall–Kier alpha value is -1.39. The van der Waals surface area contributed by atoms with Gasteiger partial charge in [-0.1, -0.05) is 30.7 Å². The van der Waals surface area contributed by atoms with Crippen LogP contribution in [-0.2, 0) is 4.79 Å². The van der Waals surface area contributed by atoms with E-state index in [1.165, 1.54) is 13.8 Å². The lowest BCUT2D eigenvalue weighted by Crippen LogP contribution is -2.40. The first kappa shape index (κ1) is 14.7. The van der Waals surface area contributed by atoms with Crippen molar-refractivity contribution in [2.24, 2.45) is 5.10 Å². The van der Waals surface area contributed by atoms with Crippen LogP contribution in [0.2, 0.25) is 5.02 Å². The van der Waals surface area contributed by atoms with E-state index in [9.17, 15) is 9.90 Å². The molecule has 0 saturated carbocycles. The van der Waals surface area contributed by atoms with Gasteiger partial charge in [0.15, 0.2) is 0 Å². The molecule has 0 unspecified atom stereocenters. The molecule has 0 spiro atoms. The molecule has 0 bridgehead atoms. The second-order valence-electron chi connectivity index (χ2n) is 4.42. The smallest absolute Gasteiger partial charge is 0.271 e. The molecule has 0 saturated heterocycles. The molecule has 1 aromatic carbocycles. The topological polar surface area (TPSA) is 61.7 Å². The number of nitrogens with one attached hydrogen (secondary N) is 1. The van der Waals surface area contributed by atoms with Gasteiger partial charge in [-0.3, -0.25) is 4.79 Å². The summed E-state index contributed by atoms with van der Waals surface area (Å²) in [4.78, 5) is 11.5. The van der Waals surface area contributed by atoms with Crippen LogP contribution in [0, 0.1) is 0 Å².